The molecule has 1 aliphatic rings. The molecule has 4 nitrogen and oxygen atoms in total. The van der Waals surface area contributed by atoms with Crippen LogP contribution in [0.4, 0.5) is 26.3 Å². The molecule has 1 aromatic rings. The molecule has 0 aromatic carbocycles. The van der Waals surface area contributed by atoms with Crippen molar-refractivity contribution >= 4 is 0 Å². The van der Waals surface area contributed by atoms with Crippen LogP contribution in [0, 0.1) is 40.2 Å². The predicted molar refractivity (Wildman–Crippen MR) is 76.3 cm³/mol. The molecule has 0 N–H and O–H groups in total. The minimum atomic E-state index is -4.97. The van der Waals surface area contributed by atoms with Gasteiger partial charge in [0.05, 0.1) is 24.9 Å². The summed E-state index contributed by atoms with van der Waals surface area (Å²) in [7, 11) is 0. The van der Waals surface area contributed by atoms with Gasteiger partial charge in [0.25, 0.3) is 5.95 Å². The Labute approximate surface area is 145 Å². The summed E-state index contributed by atoms with van der Waals surface area (Å²) in [5.74, 6) is -7.96. The number of nitriles is 1. The van der Waals surface area contributed by atoms with Crippen LogP contribution in [-0.4, -0.2) is 30.5 Å². The van der Waals surface area contributed by atoms with Crippen LogP contribution < -0.4 is 0 Å². The number of hydrogen-bond donors (Lipinski definition) is 0. The Bertz CT molecular complexity index is 723. The molecular weight excluding hydrogens is 366 g/mol. The van der Waals surface area contributed by atoms with Crippen molar-refractivity contribution in [1.29, 1.82) is 5.26 Å². The van der Waals surface area contributed by atoms with Crippen LogP contribution in [0.1, 0.15) is 38.1 Å². The van der Waals surface area contributed by atoms with Gasteiger partial charge in [0.15, 0.2) is 17.3 Å². The van der Waals surface area contributed by atoms with E-state index in [4.69, 9.17) is 14.7 Å². The van der Waals surface area contributed by atoms with E-state index in [2.05, 4.69) is 4.98 Å². The smallest absolute Gasteiger partial charge is 0.375 e. The Morgan fingerprint density at radius 3 is 2.12 bits per heavy atom. The number of ether oxygens (including phenoxy) is 2. The van der Waals surface area contributed by atoms with E-state index in [0.717, 1.165) is 0 Å². The average Bonchev–Trinajstić information content (AvgIpc) is 2.73. The van der Waals surface area contributed by atoms with Gasteiger partial charge in [-0.3, -0.25) is 0 Å². The van der Waals surface area contributed by atoms with Crippen LogP contribution in [-0.2, 0) is 9.47 Å². The number of aromatic nitrogens is 1. The third-order valence-electron chi connectivity index (χ3n) is 4.02. The van der Waals surface area contributed by atoms with Gasteiger partial charge in [0.1, 0.15) is 18.1 Å². The lowest BCUT2D eigenvalue weighted by Gasteiger charge is -2.39. The zero-order chi connectivity index (χ0) is 19.9. The van der Waals surface area contributed by atoms with Crippen LogP contribution in [0.2, 0.25) is 0 Å². The van der Waals surface area contributed by atoms with Crippen molar-refractivity contribution in [2.45, 2.75) is 39.2 Å². The third kappa shape index (κ3) is 3.78. The maximum absolute atomic E-state index is 14.4. The van der Waals surface area contributed by atoms with Gasteiger partial charge in [-0.1, -0.05) is 20.8 Å². The molecule has 3 unspecified atom stereocenters. The monoisotopic (exact) mass is 382 g/mol. The van der Waals surface area contributed by atoms with E-state index < -0.39 is 65.2 Å². The second kappa shape index (κ2) is 7.04. The second-order valence-electron chi connectivity index (χ2n) is 6.92. The highest BCUT2D eigenvalue weighted by Crippen LogP contribution is 2.48. The predicted octanol–water partition coefficient (Wildman–Crippen LogP) is 4.05. The molecule has 10 heteroatoms. The van der Waals surface area contributed by atoms with E-state index in [9.17, 15) is 26.3 Å². The fourth-order valence-corrected chi connectivity index (χ4v) is 2.97. The van der Waals surface area contributed by atoms with Crippen LogP contribution >= 0.6 is 0 Å². The van der Waals surface area contributed by atoms with E-state index in [-0.39, 0.29) is 6.61 Å². The first-order valence-electron chi connectivity index (χ1n) is 7.64. The Kier molecular flexibility index (Phi) is 5.54. The molecule has 0 amide bonds. The molecule has 0 radical (unpaired) electrons. The van der Waals surface area contributed by atoms with Gasteiger partial charge in [-0.05, 0) is 5.41 Å². The van der Waals surface area contributed by atoms with Crippen LogP contribution in [0.5, 0.6) is 0 Å². The lowest BCUT2D eigenvalue weighted by molar-refractivity contribution is -0.240. The molecule has 3 atom stereocenters. The van der Waals surface area contributed by atoms with E-state index in [1.807, 2.05) is 0 Å². The summed E-state index contributed by atoms with van der Waals surface area (Å²) < 4.78 is 94.0. The normalized spacial score (nSPS) is 24.8. The Morgan fingerprint density at radius 2 is 1.62 bits per heavy atom. The molecule has 1 saturated heterocycles. The van der Waals surface area contributed by atoms with Gasteiger partial charge in [0.2, 0.25) is 0 Å². The molecule has 0 aliphatic carbocycles. The maximum Gasteiger partial charge on any atom is 0.397 e. The highest BCUT2D eigenvalue weighted by Gasteiger charge is 2.56. The van der Waals surface area contributed by atoms with Gasteiger partial charge in [-0.25, -0.2) is 13.8 Å². The van der Waals surface area contributed by atoms with Gasteiger partial charge >= 0.3 is 6.18 Å². The maximum atomic E-state index is 14.4. The van der Waals surface area contributed by atoms with Crippen LogP contribution in [0.25, 0.3) is 0 Å². The largest absolute Gasteiger partial charge is 0.397 e. The molecule has 1 aliphatic heterocycles. The molecular formula is C16H16F6N2O2. The van der Waals surface area contributed by atoms with Crippen molar-refractivity contribution in [1.82, 2.24) is 4.98 Å². The highest BCUT2D eigenvalue weighted by molar-refractivity contribution is 5.32. The summed E-state index contributed by atoms with van der Waals surface area (Å²) >= 11 is 0. The summed E-state index contributed by atoms with van der Waals surface area (Å²) in [6.45, 7) is 3.78. The van der Waals surface area contributed by atoms with Crippen molar-refractivity contribution in [3.8, 4) is 6.07 Å². The van der Waals surface area contributed by atoms with Crippen molar-refractivity contribution in [3.63, 3.8) is 0 Å². The van der Waals surface area contributed by atoms with Crippen molar-refractivity contribution in [3.05, 3.63) is 28.8 Å². The summed E-state index contributed by atoms with van der Waals surface area (Å²) in [5.41, 5.74) is -3.53. The Balaban J connectivity index is 2.73. The molecule has 26 heavy (non-hydrogen) atoms. The molecule has 0 spiro atoms. The number of hydrogen-bond acceptors (Lipinski definition) is 4. The van der Waals surface area contributed by atoms with Gasteiger partial charge in [-0.2, -0.15) is 22.8 Å². The Morgan fingerprint density at radius 1 is 1.04 bits per heavy atom. The molecule has 0 bridgehead atoms. The number of pyridine rings is 1. The van der Waals surface area contributed by atoms with Crippen LogP contribution in [0.15, 0.2) is 0 Å². The van der Waals surface area contributed by atoms with Gasteiger partial charge in [0, 0.05) is 0 Å². The van der Waals surface area contributed by atoms with Crippen molar-refractivity contribution in [2.75, 3.05) is 13.2 Å². The minimum Gasteiger partial charge on any atom is -0.375 e. The van der Waals surface area contributed by atoms with Gasteiger partial charge < -0.3 is 9.47 Å². The number of alkyl halides is 3. The highest BCUT2D eigenvalue weighted by atomic mass is 19.4. The number of rotatable bonds is 1. The quantitative estimate of drug-likeness (QED) is 0.543. The molecule has 144 valence electrons. The van der Waals surface area contributed by atoms with E-state index in [1.165, 1.54) is 26.8 Å². The van der Waals surface area contributed by atoms with E-state index >= 15 is 0 Å². The molecule has 2 rings (SSSR count). The first-order chi connectivity index (χ1) is 11.9. The first-order valence-corrected chi connectivity index (χ1v) is 7.64. The summed E-state index contributed by atoms with van der Waals surface area (Å²) in [4.78, 5) is 2.78. The number of halogens is 6. The van der Waals surface area contributed by atoms with Crippen molar-refractivity contribution < 1.29 is 35.8 Å². The number of nitrogens with zero attached hydrogens (tertiary/aromatic N) is 2. The van der Waals surface area contributed by atoms with E-state index in [1.54, 1.807) is 0 Å². The topological polar surface area (TPSA) is 55.1 Å². The molecule has 0 saturated carbocycles. The molecule has 2 heterocycles. The lowest BCUT2D eigenvalue weighted by atomic mass is 9.76. The standard InChI is InChI=1S/C16H16F6N2O2/c1-15(2,3)13-9(16(20,21)22)12(25-4-5-26-13)8-10(17)7(6-23)24-14(19)11(8)18/h9,12-13H,4-5H2,1-3H3. The SMILES string of the molecule is CC(C)(C)C1OCCOC(c2c(F)c(F)nc(C#N)c2F)C1C(F)(F)F. The van der Waals surface area contributed by atoms with Crippen molar-refractivity contribution in [2.24, 2.45) is 11.3 Å². The molecule has 1 aromatic heterocycles. The first kappa shape index (κ1) is 20.5. The van der Waals surface area contributed by atoms with Gasteiger partial charge in [-0.15, -0.1) is 0 Å². The Hall–Kier alpha value is -1.86. The summed E-state index contributed by atoms with van der Waals surface area (Å²) in [6, 6.07) is 1.19. The van der Waals surface area contributed by atoms with Crippen LogP contribution in [0.3, 0.4) is 0 Å². The third-order valence-corrected chi connectivity index (χ3v) is 4.02. The lowest BCUT2D eigenvalue weighted by Crippen LogP contribution is -2.46. The second-order valence-corrected chi connectivity index (χ2v) is 6.92. The van der Waals surface area contributed by atoms with E-state index in [0.29, 0.717) is 0 Å². The summed E-state index contributed by atoms with van der Waals surface area (Å²) in [6.07, 6.45) is -8.72. The zero-order valence-corrected chi connectivity index (χ0v) is 14.1. The molecule has 1 fully saturated rings. The fraction of sp³-hybridized carbons (Fsp3) is 0.625. The average molecular weight is 382 g/mol. The zero-order valence-electron chi connectivity index (χ0n) is 14.1. The minimum absolute atomic E-state index is 0.243. The fourth-order valence-electron chi connectivity index (χ4n) is 2.97. The summed E-state index contributed by atoms with van der Waals surface area (Å²) in [5, 5.41) is 8.79.